The van der Waals surface area contributed by atoms with Crippen LogP contribution in [0.15, 0.2) is 24.3 Å². The van der Waals surface area contributed by atoms with Crippen LogP contribution < -0.4 is 10.6 Å². The van der Waals surface area contributed by atoms with Gasteiger partial charge < -0.3 is 50.6 Å². The lowest BCUT2D eigenvalue weighted by Gasteiger charge is -2.29. The maximum Gasteiger partial charge on any atom is 0.363 e. The van der Waals surface area contributed by atoms with Crippen LogP contribution in [0.4, 0.5) is 0 Å². The fourth-order valence-electron chi connectivity index (χ4n) is 5.13. The van der Waals surface area contributed by atoms with Crippen LogP contribution in [0.2, 0.25) is 0 Å². The fourth-order valence-corrected chi connectivity index (χ4v) is 5.13. The van der Waals surface area contributed by atoms with Gasteiger partial charge in [0.25, 0.3) is 17.7 Å². The minimum Gasteiger partial charge on any atom is -0.481 e. The monoisotopic (exact) mass is 792 g/mol. The highest BCUT2D eigenvalue weighted by atomic mass is 16.7. The van der Waals surface area contributed by atoms with E-state index in [4.69, 9.17) is 4.84 Å². The number of hydrogen-bond donors (Lipinski definition) is 6. The molecule has 0 bridgehead atoms. The van der Waals surface area contributed by atoms with Crippen molar-refractivity contribution in [1.82, 2.24) is 30.4 Å². The second kappa shape index (κ2) is 22.7. The van der Waals surface area contributed by atoms with Crippen molar-refractivity contribution in [2.24, 2.45) is 0 Å². The molecule has 6 amide bonds. The number of carboxylic acids is 4. The number of hydrogen-bond acceptors (Lipinski definition) is 13. The number of nitrogens with one attached hydrogen (secondary N) is 2. The Morgan fingerprint density at radius 2 is 1.23 bits per heavy atom. The zero-order valence-electron chi connectivity index (χ0n) is 30.5. The molecule has 22 heteroatoms. The Bertz CT molecular complexity index is 1670. The lowest BCUT2D eigenvalue weighted by Crippen LogP contribution is -2.51. The highest BCUT2D eigenvalue weighted by Gasteiger charge is 2.34. The van der Waals surface area contributed by atoms with E-state index in [0.717, 1.165) is 15.9 Å². The van der Waals surface area contributed by atoms with Gasteiger partial charge in [-0.1, -0.05) is 6.07 Å². The molecule has 0 aliphatic carbocycles. The quantitative estimate of drug-likeness (QED) is 0.0479. The Hall–Kier alpha value is -6.45. The summed E-state index contributed by atoms with van der Waals surface area (Å²) in [6.07, 6.45) is -1.33. The van der Waals surface area contributed by atoms with Gasteiger partial charge in [0.2, 0.25) is 17.7 Å². The van der Waals surface area contributed by atoms with Crippen LogP contribution in [0, 0.1) is 0 Å². The largest absolute Gasteiger partial charge is 0.481 e. The normalized spacial score (nSPS) is 12.7. The summed E-state index contributed by atoms with van der Waals surface area (Å²) < 4.78 is 0. The third-order valence-electron chi connectivity index (χ3n) is 8.09. The summed E-state index contributed by atoms with van der Waals surface area (Å²) in [5.74, 6) is -12.2. The molecule has 1 aromatic rings. The van der Waals surface area contributed by atoms with E-state index in [1.807, 2.05) is 0 Å². The number of carbonyl (C=O) groups is 11. The molecule has 56 heavy (non-hydrogen) atoms. The molecule has 2 rings (SSSR count). The van der Waals surface area contributed by atoms with Gasteiger partial charge in [0.1, 0.15) is 12.6 Å². The van der Waals surface area contributed by atoms with Crippen molar-refractivity contribution in [3.05, 3.63) is 35.4 Å². The van der Waals surface area contributed by atoms with Crippen molar-refractivity contribution in [2.45, 2.75) is 57.4 Å². The van der Waals surface area contributed by atoms with Crippen molar-refractivity contribution in [3.8, 4) is 0 Å². The van der Waals surface area contributed by atoms with Gasteiger partial charge in [-0.25, -0.2) is 9.59 Å². The van der Waals surface area contributed by atoms with Gasteiger partial charge in [-0.15, -0.1) is 5.06 Å². The second-order valence-corrected chi connectivity index (χ2v) is 12.4. The van der Waals surface area contributed by atoms with Crippen LogP contribution in [-0.4, -0.2) is 164 Å². The molecule has 306 valence electrons. The van der Waals surface area contributed by atoms with E-state index in [9.17, 15) is 73.2 Å². The summed E-state index contributed by atoms with van der Waals surface area (Å²) in [4.78, 5) is 143. The maximum absolute atomic E-state index is 13.6. The number of amides is 6. The van der Waals surface area contributed by atoms with E-state index >= 15 is 0 Å². The van der Waals surface area contributed by atoms with Crippen molar-refractivity contribution in [1.29, 1.82) is 0 Å². The van der Waals surface area contributed by atoms with Gasteiger partial charge in [0.05, 0.1) is 37.9 Å². The maximum atomic E-state index is 13.6. The minimum atomic E-state index is -1.40. The number of rotatable bonds is 25. The lowest BCUT2D eigenvalue weighted by molar-refractivity contribution is -0.172. The summed E-state index contributed by atoms with van der Waals surface area (Å²) >= 11 is 0. The number of aliphatic carboxylic acids is 4. The molecule has 1 aromatic carbocycles. The average Bonchev–Trinajstić information content (AvgIpc) is 3.45. The van der Waals surface area contributed by atoms with Gasteiger partial charge in [-0.3, -0.25) is 43.2 Å². The Balaban J connectivity index is 2.31. The topological polar surface area (TPSA) is 315 Å². The van der Waals surface area contributed by atoms with E-state index in [0.29, 0.717) is 24.3 Å². The van der Waals surface area contributed by atoms with Crippen LogP contribution >= 0.6 is 0 Å². The smallest absolute Gasteiger partial charge is 0.363 e. The Morgan fingerprint density at radius 3 is 1.75 bits per heavy atom. The highest BCUT2D eigenvalue weighted by molar-refractivity contribution is 6.04. The first-order chi connectivity index (χ1) is 26.4. The summed E-state index contributed by atoms with van der Waals surface area (Å²) in [5.41, 5.74) is -0.562. The zero-order valence-corrected chi connectivity index (χ0v) is 30.5. The molecule has 0 spiro atoms. The number of nitrogens with zero attached hydrogens (tertiary/aromatic N) is 4. The van der Waals surface area contributed by atoms with E-state index in [1.54, 1.807) is 7.05 Å². The molecule has 1 unspecified atom stereocenters. The van der Waals surface area contributed by atoms with Crippen molar-refractivity contribution in [2.75, 3.05) is 52.9 Å². The molecule has 0 saturated carbocycles. The van der Waals surface area contributed by atoms with Gasteiger partial charge in [-0.05, 0) is 51.1 Å². The highest BCUT2D eigenvalue weighted by Crippen LogP contribution is 2.16. The first-order valence-corrected chi connectivity index (χ1v) is 17.3. The van der Waals surface area contributed by atoms with Gasteiger partial charge in [-0.2, -0.15) is 0 Å². The minimum absolute atomic E-state index is 0.0510. The van der Waals surface area contributed by atoms with Crippen LogP contribution in [0.5, 0.6) is 0 Å². The second-order valence-electron chi connectivity index (χ2n) is 12.4. The molecule has 1 fully saturated rings. The standard InChI is InChI=1S/C34H44N6O16/c1-35-13-3-2-7-23(33(53)54)36-24(41)18-37(14-10-29(46)47)27(44)19-38(15-11-30(48)49)28(45)20-39(16-12-31(50)51)32(52)21-5-4-6-22(17-21)34(55)56-40-25(42)8-9-26(40)43/h4-6,17,23,35H,2-3,7-16,18-20H2,1H3,(H,36,41)(H,46,47)(H,48,49)(H,50,51)(H,53,54). The van der Waals surface area contributed by atoms with Crippen LogP contribution in [0.3, 0.4) is 0 Å². The number of benzene rings is 1. The van der Waals surface area contributed by atoms with Gasteiger partial charge in [0.15, 0.2) is 0 Å². The van der Waals surface area contributed by atoms with Gasteiger partial charge in [0, 0.05) is 38.0 Å². The molecule has 1 atom stereocenters. The molecular weight excluding hydrogens is 748 g/mol. The molecule has 0 aromatic heterocycles. The van der Waals surface area contributed by atoms with E-state index in [2.05, 4.69) is 10.6 Å². The molecule has 1 saturated heterocycles. The Kier molecular flexibility index (Phi) is 18.5. The Labute approximate surface area is 319 Å². The molecule has 22 nitrogen and oxygen atoms in total. The first kappa shape index (κ1) is 45.7. The van der Waals surface area contributed by atoms with Crippen molar-refractivity contribution < 1.29 is 78.0 Å². The van der Waals surface area contributed by atoms with E-state index < -0.39 is 130 Å². The fraction of sp³-hybridized carbons (Fsp3) is 0.500. The third kappa shape index (κ3) is 15.5. The van der Waals surface area contributed by atoms with E-state index in [-0.39, 0.29) is 35.5 Å². The average molecular weight is 793 g/mol. The summed E-state index contributed by atoms with van der Waals surface area (Å²) in [6.45, 7) is -3.86. The van der Waals surface area contributed by atoms with Crippen LogP contribution in [-0.2, 0) is 48.0 Å². The molecule has 1 heterocycles. The summed E-state index contributed by atoms with van der Waals surface area (Å²) in [7, 11) is 1.71. The number of carboxylic acid groups (broad SMARTS) is 4. The predicted octanol–water partition coefficient (Wildman–Crippen LogP) is -1.61. The summed E-state index contributed by atoms with van der Waals surface area (Å²) in [5, 5.41) is 42.9. The molecule has 1 aliphatic heterocycles. The van der Waals surface area contributed by atoms with E-state index in [1.165, 1.54) is 18.2 Å². The number of carbonyl (C=O) groups excluding carboxylic acids is 7. The van der Waals surface area contributed by atoms with Gasteiger partial charge >= 0.3 is 29.8 Å². The first-order valence-electron chi connectivity index (χ1n) is 17.3. The molecule has 6 N–H and O–H groups in total. The van der Waals surface area contributed by atoms with Crippen LogP contribution in [0.25, 0.3) is 0 Å². The molecular formula is C34H44N6O16. The lowest BCUT2D eigenvalue weighted by atomic mass is 10.1. The van der Waals surface area contributed by atoms with Crippen molar-refractivity contribution in [3.63, 3.8) is 0 Å². The Morgan fingerprint density at radius 1 is 0.732 bits per heavy atom. The molecule has 1 aliphatic rings. The number of hydroxylamine groups is 2. The van der Waals surface area contributed by atoms with Crippen molar-refractivity contribution >= 4 is 65.3 Å². The summed E-state index contributed by atoms with van der Waals surface area (Å²) in [6, 6.07) is 3.31. The zero-order chi connectivity index (χ0) is 41.9. The number of unbranched alkanes of at least 4 members (excludes halogenated alkanes) is 1. The molecule has 0 radical (unpaired) electrons. The predicted molar refractivity (Wildman–Crippen MR) is 186 cm³/mol. The third-order valence-corrected chi connectivity index (χ3v) is 8.09. The van der Waals surface area contributed by atoms with Crippen LogP contribution in [0.1, 0.15) is 72.1 Å². The SMILES string of the molecule is CNCCCCC(NC(=O)CN(CCC(=O)O)C(=O)CN(CCC(=O)O)C(=O)CN(CCC(=O)O)C(=O)c1cccc(C(=O)ON2C(=O)CCC2=O)c1)C(=O)O. The number of imide groups is 1.